The first kappa shape index (κ1) is 8.88. The Morgan fingerprint density at radius 2 is 2.00 bits per heavy atom. The van der Waals surface area contributed by atoms with Crippen molar-refractivity contribution in [2.45, 2.75) is 25.9 Å². The molecule has 3 heteroatoms. The predicted octanol–water partition coefficient (Wildman–Crippen LogP) is 0.208. The van der Waals surface area contributed by atoms with Crippen LogP contribution in [0.5, 0.6) is 0 Å². The van der Waals surface area contributed by atoms with Gasteiger partial charge in [0.05, 0.1) is 5.66 Å². The van der Waals surface area contributed by atoms with E-state index in [0.29, 0.717) is 13.0 Å². The van der Waals surface area contributed by atoms with Crippen molar-refractivity contribution in [1.29, 1.82) is 0 Å². The van der Waals surface area contributed by atoms with E-state index in [0.717, 1.165) is 0 Å². The second kappa shape index (κ2) is 3.82. The Kier molecular flexibility index (Phi) is 3.77. The van der Waals surface area contributed by atoms with Crippen molar-refractivity contribution < 1.29 is 4.74 Å². The van der Waals surface area contributed by atoms with Crippen molar-refractivity contribution in [2.75, 3.05) is 6.61 Å². The Labute approximate surface area is 56.4 Å². The second-order valence-corrected chi connectivity index (χ2v) is 2.04. The van der Waals surface area contributed by atoms with Crippen LogP contribution in [-0.4, -0.2) is 12.3 Å². The summed E-state index contributed by atoms with van der Waals surface area (Å²) in [4.78, 5) is 0. The predicted molar refractivity (Wildman–Crippen MR) is 37.3 cm³/mol. The lowest BCUT2D eigenvalue weighted by Crippen LogP contribution is -2.49. The van der Waals surface area contributed by atoms with Crippen molar-refractivity contribution >= 4 is 0 Å². The van der Waals surface area contributed by atoms with Crippen LogP contribution in [0.3, 0.4) is 0 Å². The summed E-state index contributed by atoms with van der Waals surface area (Å²) in [6.07, 6.45) is 0.688. The molecule has 0 amide bonds. The monoisotopic (exact) mass is 131 g/mol. The summed E-state index contributed by atoms with van der Waals surface area (Å²) >= 11 is 0. The highest BCUT2D eigenvalue weighted by Crippen LogP contribution is 2.01. The first-order chi connectivity index (χ1) is 4.12. The SMILES string of the molecule is CCO[CH]C(N)(N)CC. The molecular weight excluding hydrogens is 116 g/mol. The van der Waals surface area contributed by atoms with Gasteiger partial charge in [-0.3, -0.25) is 0 Å². The van der Waals surface area contributed by atoms with E-state index in [1.54, 1.807) is 0 Å². The zero-order valence-corrected chi connectivity index (χ0v) is 6.05. The fraction of sp³-hybridized carbons (Fsp3) is 0.833. The lowest BCUT2D eigenvalue weighted by atomic mass is 10.1. The minimum Gasteiger partial charge on any atom is -0.372 e. The molecule has 0 heterocycles. The highest BCUT2D eigenvalue weighted by atomic mass is 16.5. The largest absolute Gasteiger partial charge is 0.372 e. The zero-order valence-electron chi connectivity index (χ0n) is 6.05. The van der Waals surface area contributed by atoms with Crippen LogP contribution in [0.15, 0.2) is 0 Å². The molecule has 9 heavy (non-hydrogen) atoms. The van der Waals surface area contributed by atoms with E-state index < -0.39 is 5.66 Å². The summed E-state index contributed by atoms with van der Waals surface area (Å²) in [5.74, 6) is 0. The van der Waals surface area contributed by atoms with Gasteiger partial charge in [-0.25, -0.2) is 0 Å². The van der Waals surface area contributed by atoms with Crippen LogP contribution >= 0.6 is 0 Å². The molecule has 0 rings (SSSR count). The van der Waals surface area contributed by atoms with E-state index in [2.05, 4.69) is 0 Å². The molecular formula is C6H15N2O. The Balaban J connectivity index is 3.33. The van der Waals surface area contributed by atoms with Crippen LogP contribution < -0.4 is 11.5 Å². The molecule has 3 nitrogen and oxygen atoms in total. The van der Waals surface area contributed by atoms with E-state index >= 15 is 0 Å². The third kappa shape index (κ3) is 4.39. The van der Waals surface area contributed by atoms with Gasteiger partial charge in [-0.05, 0) is 13.3 Å². The summed E-state index contributed by atoms with van der Waals surface area (Å²) in [6.45, 7) is 5.90. The van der Waals surface area contributed by atoms with Crippen molar-refractivity contribution in [2.24, 2.45) is 11.5 Å². The van der Waals surface area contributed by atoms with E-state index in [4.69, 9.17) is 16.2 Å². The molecule has 0 bridgehead atoms. The van der Waals surface area contributed by atoms with Crippen LogP contribution in [-0.2, 0) is 4.74 Å². The first-order valence-corrected chi connectivity index (χ1v) is 3.16. The van der Waals surface area contributed by atoms with Crippen LogP contribution in [0.2, 0.25) is 0 Å². The van der Waals surface area contributed by atoms with Crippen LogP contribution in [0.4, 0.5) is 0 Å². The highest BCUT2D eigenvalue weighted by molar-refractivity contribution is 4.83. The smallest absolute Gasteiger partial charge is 0.118 e. The fourth-order valence-corrected chi connectivity index (χ4v) is 0.322. The summed E-state index contributed by atoms with van der Waals surface area (Å²) in [7, 11) is 0. The maximum atomic E-state index is 5.50. The van der Waals surface area contributed by atoms with Gasteiger partial charge in [0.15, 0.2) is 0 Å². The minimum absolute atomic E-state index is 0.621. The van der Waals surface area contributed by atoms with Crippen molar-refractivity contribution in [1.82, 2.24) is 0 Å². The van der Waals surface area contributed by atoms with Crippen molar-refractivity contribution in [3.05, 3.63) is 6.61 Å². The molecule has 0 saturated carbocycles. The Bertz CT molecular complexity index is 73.5. The molecule has 0 spiro atoms. The van der Waals surface area contributed by atoms with Crippen LogP contribution in [0.25, 0.3) is 0 Å². The normalized spacial score (nSPS) is 12.0. The molecule has 0 aliphatic heterocycles. The molecule has 0 aliphatic carbocycles. The molecule has 0 unspecified atom stereocenters. The van der Waals surface area contributed by atoms with E-state index in [1.807, 2.05) is 13.8 Å². The first-order valence-electron chi connectivity index (χ1n) is 3.16. The van der Waals surface area contributed by atoms with Gasteiger partial charge < -0.3 is 16.2 Å². The van der Waals surface area contributed by atoms with Gasteiger partial charge in [0, 0.05) is 6.61 Å². The van der Waals surface area contributed by atoms with Gasteiger partial charge in [0.2, 0.25) is 0 Å². The molecule has 0 aromatic carbocycles. The third-order valence-electron chi connectivity index (χ3n) is 1.08. The zero-order chi connectivity index (χ0) is 7.33. The van der Waals surface area contributed by atoms with E-state index in [1.165, 1.54) is 6.61 Å². The van der Waals surface area contributed by atoms with Crippen molar-refractivity contribution in [3.63, 3.8) is 0 Å². The average molecular weight is 131 g/mol. The van der Waals surface area contributed by atoms with E-state index in [9.17, 15) is 0 Å². The number of hydrogen-bond donors (Lipinski definition) is 2. The Morgan fingerprint density at radius 1 is 1.44 bits per heavy atom. The lowest BCUT2D eigenvalue weighted by Gasteiger charge is -2.20. The van der Waals surface area contributed by atoms with Crippen LogP contribution in [0, 0.1) is 6.61 Å². The van der Waals surface area contributed by atoms with Gasteiger partial charge in [-0.15, -0.1) is 0 Å². The molecule has 55 valence electrons. The van der Waals surface area contributed by atoms with Gasteiger partial charge >= 0.3 is 0 Å². The minimum atomic E-state index is -0.754. The quantitative estimate of drug-likeness (QED) is 0.536. The maximum absolute atomic E-state index is 5.50. The Morgan fingerprint density at radius 3 is 2.33 bits per heavy atom. The van der Waals surface area contributed by atoms with Crippen molar-refractivity contribution in [3.8, 4) is 0 Å². The number of hydrogen-bond acceptors (Lipinski definition) is 3. The highest BCUT2D eigenvalue weighted by Gasteiger charge is 2.15. The standard InChI is InChI=1S/C6H15N2O/c1-3-6(7,8)5-9-4-2/h5H,3-4,7-8H2,1-2H3. The third-order valence-corrected chi connectivity index (χ3v) is 1.08. The van der Waals surface area contributed by atoms with Crippen LogP contribution in [0.1, 0.15) is 20.3 Å². The topological polar surface area (TPSA) is 61.3 Å². The summed E-state index contributed by atoms with van der Waals surface area (Å²) in [6, 6.07) is 0. The second-order valence-electron chi connectivity index (χ2n) is 2.04. The average Bonchev–Trinajstić information content (AvgIpc) is 1.84. The molecule has 4 N–H and O–H groups in total. The molecule has 0 aromatic rings. The maximum Gasteiger partial charge on any atom is 0.118 e. The molecule has 0 saturated heterocycles. The van der Waals surface area contributed by atoms with E-state index in [-0.39, 0.29) is 0 Å². The Hall–Kier alpha value is -0.120. The van der Waals surface area contributed by atoms with Gasteiger partial charge in [0.25, 0.3) is 0 Å². The van der Waals surface area contributed by atoms with Gasteiger partial charge in [-0.1, -0.05) is 6.92 Å². The number of ether oxygens (including phenoxy) is 1. The molecule has 0 aromatic heterocycles. The van der Waals surface area contributed by atoms with Gasteiger partial charge in [-0.2, -0.15) is 0 Å². The lowest BCUT2D eigenvalue weighted by molar-refractivity contribution is 0.162. The summed E-state index contributed by atoms with van der Waals surface area (Å²) in [5, 5.41) is 0. The number of rotatable bonds is 4. The molecule has 1 radical (unpaired) electrons. The fourth-order valence-electron chi connectivity index (χ4n) is 0.322. The summed E-state index contributed by atoms with van der Waals surface area (Å²) < 4.78 is 4.91. The summed E-state index contributed by atoms with van der Waals surface area (Å²) in [5.41, 5.74) is 10.2. The molecule has 0 atom stereocenters. The van der Waals surface area contributed by atoms with Gasteiger partial charge in [0.1, 0.15) is 6.61 Å². The molecule has 0 aliphatic rings. The number of nitrogens with two attached hydrogens (primary N) is 2. The molecule has 0 fully saturated rings.